The number of alkyl halides is 3. The summed E-state index contributed by atoms with van der Waals surface area (Å²) < 4.78 is 37.7. The summed E-state index contributed by atoms with van der Waals surface area (Å²) in [7, 11) is 0. The first-order chi connectivity index (χ1) is 7.80. The minimum atomic E-state index is -4.51. The summed E-state index contributed by atoms with van der Waals surface area (Å²) in [5.41, 5.74) is -0.526. The zero-order valence-corrected chi connectivity index (χ0v) is 9.22. The van der Waals surface area contributed by atoms with Crippen molar-refractivity contribution in [1.29, 1.82) is 0 Å². The van der Waals surface area contributed by atoms with Crippen LogP contribution >= 0.6 is 11.6 Å². The van der Waals surface area contributed by atoms with Crippen LogP contribution in [0.4, 0.5) is 13.2 Å². The first-order valence-electron chi connectivity index (χ1n) is 4.90. The number of rotatable bonds is 2. The molecule has 2 nitrogen and oxygen atoms in total. The SMILES string of the molecule is O=C(O)[C@@H]1C[C@H]1c1ccc(Cl)c(C(F)(F)F)c1. The molecule has 0 aromatic heterocycles. The largest absolute Gasteiger partial charge is 0.481 e. The molecule has 0 amide bonds. The van der Waals surface area contributed by atoms with Gasteiger partial charge in [0, 0.05) is 0 Å². The normalized spacial score (nSPS) is 23.5. The lowest BCUT2D eigenvalue weighted by molar-refractivity contribution is -0.138. The Morgan fingerprint density at radius 1 is 1.41 bits per heavy atom. The summed E-state index contributed by atoms with van der Waals surface area (Å²) in [6.07, 6.45) is -4.13. The van der Waals surface area contributed by atoms with Crippen LogP contribution in [0, 0.1) is 5.92 Å². The zero-order chi connectivity index (χ0) is 12.8. The first kappa shape index (κ1) is 12.2. The fourth-order valence-electron chi connectivity index (χ4n) is 1.83. The first-order valence-corrected chi connectivity index (χ1v) is 5.28. The summed E-state index contributed by atoms with van der Waals surface area (Å²) >= 11 is 5.47. The van der Waals surface area contributed by atoms with E-state index in [0.29, 0.717) is 12.0 Å². The third-order valence-corrected chi connectivity index (χ3v) is 3.16. The standard InChI is InChI=1S/C11H8ClF3O2/c12-9-2-1-5(3-8(9)11(13,14)15)6-4-7(6)10(16)17/h1-3,6-7H,4H2,(H,16,17)/t6-,7+/m0/s1. The highest BCUT2D eigenvalue weighted by Gasteiger charge is 2.45. The molecule has 17 heavy (non-hydrogen) atoms. The Hall–Kier alpha value is -1.23. The maximum absolute atomic E-state index is 12.6. The molecule has 1 aromatic carbocycles. The van der Waals surface area contributed by atoms with E-state index in [1.54, 1.807) is 0 Å². The van der Waals surface area contributed by atoms with E-state index < -0.39 is 23.6 Å². The van der Waals surface area contributed by atoms with E-state index >= 15 is 0 Å². The van der Waals surface area contributed by atoms with Gasteiger partial charge >= 0.3 is 12.1 Å². The topological polar surface area (TPSA) is 37.3 Å². The minimum Gasteiger partial charge on any atom is -0.481 e. The molecule has 1 aliphatic rings. The highest BCUT2D eigenvalue weighted by atomic mass is 35.5. The van der Waals surface area contributed by atoms with Gasteiger partial charge in [-0.25, -0.2) is 0 Å². The lowest BCUT2D eigenvalue weighted by atomic mass is 10.1. The summed E-state index contributed by atoms with van der Waals surface area (Å²) in [5, 5.41) is 8.35. The van der Waals surface area contributed by atoms with Crippen molar-refractivity contribution >= 4 is 17.6 Å². The Balaban J connectivity index is 2.30. The zero-order valence-electron chi connectivity index (χ0n) is 8.46. The predicted octanol–water partition coefficient (Wildman–Crippen LogP) is 3.55. The molecule has 0 aliphatic heterocycles. The molecule has 1 aromatic rings. The van der Waals surface area contributed by atoms with E-state index in [1.807, 2.05) is 0 Å². The molecule has 0 bridgehead atoms. The number of benzene rings is 1. The number of aliphatic carboxylic acids is 1. The van der Waals surface area contributed by atoms with Crippen molar-refractivity contribution in [1.82, 2.24) is 0 Å². The molecule has 1 fully saturated rings. The van der Waals surface area contributed by atoms with E-state index in [9.17, 15) is 18.0 Å². The molecule has 6 heteroatoms. The third-order valence-electron chi connectivity index (χ3n) is 2.83. The maximum Gasteiger partial charge on any atom is 0.417 e. The number of hydrogen-bond acceptors (Lipinski definition) is 1. The van der Waals surface area contributed by atoms with Crippen molar-refractivity contribution in [2.45, 2.75) is 18.5 Å². The number of halogens is 4. The molecule has 0 spiro atoms. The van der Waals surface area contributed by atoms with Crippen molar-refractivity contribution < 1.29 is 23.1 Å². The molecular formula is C11H8ClF3O2. The van der Waals surface area contributed by atoms with Gasteiger partial charge in [0.2, 0.25) is 0 Å². The molecule has 0 saturated heterocycles. The Kier molecular flexibility index (Phi) is 2.81. The van der Waals surface area contributed by atoms with Crippen molar-refractivity contribution in [2.75, 3.05) is 0 Å². The van der Waals surface area contributed by atoms with Crippen LogP contribution in [-0.4, -0.2) is 11.1 Å². The summed E-state index contributed by atoms with van der Waals surface area (Å²) in [6, 6.07) is 3.55. The number of carboxylic acid groups (broad SMARTS) is 1. The Bertz CT molecular complexity index is 470. The highest BCUT2D eigenvalue weighted by Crippen LogP contribution is 2.49. The van der Waals surface area contributed by atoms with Crippen LogP contribution < -0.4 is 0 Å². The van der Waals surface area contributed by atoms with Crippen molar-refractivity contribution in [3.63, 3.8) is 0 Å². The molecule has 0 radical (unpaired) electrons. The van der Waals surface area contributed by atoms with Gasteiger partial charge in [-0.3, -0.25) is 4.79 Å². The Labute approximate surface area is 100 Å². The van der Waals surface area contributed by atoms with Crippen molar-refractivity contribution in [3.8, 4) is 0 Å². The highest BCUT2D eigenvalue weighted by molar-refractivity contribution is 6.31. The molecule has 2 atom stereocenters. The van der Waals surface area contributed by atoms with E-state index in [1.165, 1.54) is 6.07 Å². The van der Waals surface area contributed by atoms with Crippen LogP contribution in [0.25, 0.3) is 0 Å². The third kappa shape index (κ3) is 2.39. The molecule has 92 valence electrons. The Morgan fingerprint density at radius 2 is 2.06 bits per heavy atom. The second-order valence-electron chi connectivity index (χ2n) is 4.02. The van der Waals surface area contributed by atoms with Gasteiger partial charge in [0.25, 0.3) is 0 Å². The van der Waals surface area contributed by atoms with Crippen LogP contribution in [0.5, 0.6) is 0 Å². The average Bonchev–Trinajstić information content (AvgIpc) is 2.96. The van der Waals surface area contributed by atoms with Crippen LogP contribution in [0.15, 0.2) is 18.2 Å². The summed E-state index contributed by atoms with van der Waals surface area (Å²) in [6.45, 7) is 0. The van der Waals surface area contributed by atoms with Gasteiger partial charge in [-0.1, -0.05) is 17.7 Å². The van der Waals surface area contributed by atoms with Crippen LogP contribution in [0.1, 0.15) is 23.5 Å². The number of carbonyl (C=O) groups is 1. The van der Waals surface area contributed by atoms with Gasteiger partial charge in [0.15, 0.2) is 0 Å². The molecule has 0 heterocycles. The van der Waals surface area contributed by atoms with Crippen molar-refractivity contribution in [3.05, 3.63) is 34.3 Å². The molecule has 1 saturated carbocycles. The minimum absolute atomic E-state index is 0.328. The van der Waals surface area contributed by atoms with Gasteiger partial charge in [0.1, 0.15) is 0 Å². The predicted molar refractivity (Wildman–Crippen MR) is 54.9 cm³/mol. The number of hydrogen-bond donors (Lipinski definition) is 1. The lowest BCUT2D eigenvalue weighted by Gasteiger charge is -2.10. The fraction of sp³-hybridized carbons (Fsp3) is 0.364. The molecular weight excluding hydrogens is 257 g/mol. The summed E-state index contributed by atoms with van der Waals surface area (Å²) in [4.78, 5) is 10.6. The monoisotopic (exact) mass is 264 g/mol. The average molecular weight is 265 g/mol. The Morgan fingerprint density at radius 3 is 2.53 bits per heavy atom. The van der Waals surface area contributed by atoms with E-state index in [-0.39, 0.29) is 10.9 Å². The fourth-order valence-corrected chi connectivity index (χ4v) is 2.05. The maximum atomic E-state index is 12.6. The van der Waals surface area contributed by atoms with Gasteiger partial charge < -0.3 is 5.11 Å². The van der Waals surface area contributed by atoms with Gasteiger partial charge in [-0.2, -0.15) is 13.2 Å². The van der Waals surface area contributed by atoms with E-state index in [2.05, 4.69) is 0 Å². The van der Waals surface area contributed by atoms with Gasteiger partial charge in [-0.15, -0.1) is 0 Å². The summed E-state index contributed by atoms with van der Waals surface area (Å²) in [5.74, 6) is -1.87. The number of carboxylic acids is 1. The molecule has 0 unspecified atom stereocenters. The quantitative estimate of drug-likeness (QED) is 0.887. The molecule has 2 rings (SSSR count). The van der Waals surface area contributed by atoms with Gasteiger partial charge in [-0.05, 0) is 30.0 Å². The van der Waals surface area contributed by atoms with E-state index in [4.69, 9.17) is 16.7 Å². The lowest BCUT2D eigenvalue weighted by Crippen LogP contribution is -2.07. The smallest absolute Gasteiger partial charge is 0.417 e. The van der Waals surface area contributed by atoms with Crippen LogP contribution in [0.2, 0.25) is 5.02 Å². The second-order valence-corrected chi connectivity index (χ2v) is 4.43. The second kappa shape index (κ2) is 3.91. The van der Waals surface area contributed by atoms with E-state index in [0.717, 1.165) is 12.1 Å². The van der Waals surface area contributed by atoms with Crippen LogP contribution in [-0.2, 0) is 11.0 Å². The molecule has 1 N–H and O–H groups in total. The van der Waals surface area contributed by atoms with Crippen LogP contribution in [0.3, 0.4) is 0 Å². The van der Waals surface area contributed by atoms with Crippen molar-refractivity contribution in [2.24, 2.45) is 5.92 Å². The van der Waals surface area contributed by atoms with Gasteiger partial charge in [0.05, 0.1) is 16.5 Å². The molecule has 1 aliphatic carbocycles.